The molecule has 0 saturated carbocycles. The second-order valence-corrected chi connectivity index (χ2v) is 19.4. The van der Waals surface area contributed by atoms with Crippen molar-refractivity contribution < 1.29 is 117 Å². The number of hydrogen-bond acceptors (Lipinski definition) is 23. The lowest BCUT2D eigenvalue weighted by Crippen LogP contribution is -2.71. The van der Waals surface area contributed by atoms with Crippen molar-refractivity contribution in [1.82, 2.24) is 20.9 Å². The van der Waals surface area contributed by atoms with Crippen molar-refractivity contribution in [2.45, 2.75) is 156 Å². The fraction of sp³-hybridized carbons (Fsp3) is 0.732. The molecule has 0 aliphatic carbocycles. The molecule has 4 amide bonds. The summed E-state index contributed by atoms with van der Waals surface area (Å²) < 4.78 is 63.2. The summed E-state index contributed by atoms with van der Waals surface area (Å²) in [5.41, 5.74) is 0.452. The minimum Gasteiger partial charge on any atom is -0.479 e. The first-order chi connectivity index (χ1) is 33.5. The Kier molecular flexibility index (Phi) is 21.0. The number of nitrogens with one attached hydrogen (secondary N) is 3. The molecule has 0 radical (unpaired) electrons. The van der Waals surface area contributed by atoms with E-state index in [-0.39, 0.29) is 5.75 Å². The fourth-order valence-electron chi connectivity index (χ4n) is 8.72. The predicted octanol–water partition coefficient (Wildman–Crippen LogP) is -5.66. The number of carbonyl (C=O) groups is 5. The third-order valence-corrected chi connectivity index (χ3v) is 13.2. The summed E-state index contributed by atoms with van der Waals surface area (Å²) in [4.78, 5) is 66.0. The van der Waals surface area contributed by atoms with Gasteiger partial charge in [-0.3, -0.25) is 23.7 Å². The first-order valence-electron chi connectivity index (χ1n) is 22.2. The van der Waals surface area contributed by atoms with Gasteiger partial charge in [0.05, 0.1) is 31.4 Å². The van der Waals surface area contributed by atoms with Gasteiger partial charge in [-0.2, -0.15) is 0 Å². The van der Waals surface area contributed by atoms with Crippen LogP contribution in [0.1, 0.15) is 39.3 Å². The van der Waals surface area contributed by atoms with E-state index in [1.165, 1.54) is 26.1 Å². The first kappa shape index (κ1) is 58.3. The zero-order valence-electron chi connectivity index (χ0n) is 39.2. The summed E-state index contributed by atoms with van der Waals surface area (Å²) >= 11 is 0. The summed E-state index contributed by atoms with van der Waals surface area (Å²) in [6.07, 6.45) is -34.0. The second-order valence-electron chi connectivity index (χ2n) is 17.2. The van der Waals surface area contributed by atoms with Crippen LogP contribution in [0.5, 0.6) is 5.75 Å². The van der Waals surface area contributed by atoms with Crippen molar-refractivity contribution in [2.75, 3.05) is 33.9 Å². The van der Waals surface area contributed by atoms with Crippen molar-refractivity contribution in [2.24, 2.45) is 0 Å². The van der Waals surface area contributed by atoms with E-state index < -0.39 is 186 Å². The zero-order chi connectivity index (χ0) is 52.8. The SMILES string of the molecule is CNC(=O)CN(C(=O)C1O[C@@H](OC2[C@H](O)C(CO)O[C@@H](OC3[C@H](O)C(C(=O)O)O[C@@H](OC4[C@H](O)C(CO)O[C@@H](C)[C@H]4NC(C)=O)[C@H]3O)[C@H]2NC(C)=O)[C@@H](O)C(O)[C@@H]1OC)C(C)c1ccc(O[PH](=O)P)cc1. The van der Waals surface area contributed by atoms with Gasteiger partial charge in [0.1, 0.15) is 91.6 Å². The largest absolute Gasteiger partial charge is 0.479 e. The molecule has 1 aromatic carbocycles. The number of nitrogens with zero attached hydrogens (tertiary/aromatic N) is 1. The van der Waals surface area contributed by atoms with Gasteiger partial charge in [0.25, 0.3) is 5.91 Å². The molecule has 0 aromatic heterocycles. The number of aliphatic hydroxyl groups excluding tert-OH is 8. The van der Waals surface area contributed by atoms with Crippen molar-refractivity contribution in [1.29, 1.82) is 0 Å². The lowest BCUT2D eigenvalue weighted by Gasteiger charge is -2.50. The number of carboxylic acid groups (broad SMARTS) is 1. The van der Waals surface area contributed by atoms with E-state index in [9.17, 15) is 74.5 Å². The summed E-state index contributed by atoms with van der Waals surface area (Å²) in [5, 5.41) is 106. The van der Waals surface area contributed by atoms with Crippen LogP contribution >= 0.6 is 16.6 Å². The number of hydrogen-bond donors (Lipinski definition) is 12. The normalized spacial score (nSPS) is 38.2. The predicted molar refractivity (Wildman–Crippen MR) is 239 cm³/mol. The van der Waals surface area contributed by atoms with E-state index in [1.807, 2.05) is 8.93 Å². The highest BCUT2D eigenvalue weighted by Gasteiger charge is 2.58. The second kappa shape index (κ2) is 25.6. The van der Waals surface area contributed by atoms with Crippen molar-refractivity contribution >= 4 is 46.2 Å². The number of aliphatic hydroxyl groups is 8. The summed E-state index contributed by atoms with van der Waals surface area (Å²) in [5.74, 6) is -4.66. The smallest absolute Gasteiger partial charge is 0.335 e. The molecule has 12 N–H and O–H groups in total. The topological polar surface area (TPSA) is 407 Å². The van der Waals surface area contributed by atoms with Gasteiger partial charge >= 0.3 is 5.97 Å². The number of methoxy groups -OCH3 is 1. The van der Waals surface area contributed by atoms with Gasteiger partial charge in [-0.15, -0.1) is 0 Å². The lowest BCUT2D eigenvalue weighted by molar-refractivity contribution is -0.368. The zero-order valence-corrected chi connectivity index (χ0v) is 41.4. The quantitative estimate of drug-likeness (QED) is 0.0575. The van der Waals surface area contributed by atoms with Gasteiger partial charge < -0.3 is 109 Å². The molecule has 4 heterocycles. The molecule has 402 valence electrons. The van der Waals surface area contributed by atoms with Crippen LogP contribution < -0.4 is 20.5 Å². The van der Waals surface area contributed by atoms with Gasteiger partial charge in [0.15, 0.2) is 31.1 Å². The third kappa shape index (κ3) is 13.6. The van der Waals surface area contributed by atoms with E-state index in [0.29, 0.717) is 5.56 Å². The molecule has 0 bridgehead atoms. The fourth-order valence-corrected chi connectivity index (χ4v) is 9.49. The molecular formula is C41H64N4O24P2. The van der Waals surface area contributed by atoms with Gasteiger partial charge in [0.2, 0.25) is 25.4 Å². The number of amides is 4. The van der Waals surface area contributed by atoms with Gasteiger partial charge in [-0.05, 0) is 40.5 Å². The standard InChI is InChI=1S/C41H64N4O24P2/c1-14(18-7-9-19(10-8-18)69-71(60)70)45(11-22(50)42-5)37(57)36-34(61-6)27(53)28(54)40(68-36)65-32-24(44-17(4)49)39(63-21(13-47)26(32)52)66-33-29(55)35(38(58)59)67-41(30(33)56)64-31-23(43-16(3)48)15(2)62-20(12-46)25(31)51/h7-10,14-15,20-21,23-36,39-41,46-47,51-56,71H,11-13,70H2,1-6H3,(H,42,50)(H,43,48)(H,44,49)(H,58,59)/t14?,15-,20?,21?,23+,24-,25+,26+,27?,28-,29-,30-,31?,32?,33?,34-,35?,36?,39-,40+,41+/m0/s1. The van der Waals surface area contributed by atoms with E-state index in [0.717, 1.165) is 25.9 Å². The van der Waals surface area contributed by atoms with Crippen LogP contribution in [0.2, 0.25) is 0 Å². The minimum atomic E-state index is -2.44. The Morgan fingerprint density at radius 2 is 1.24 bits per heavy atom. The molecule has 71 heavy (non-hydrogen) atoms. The maximum absolute atomic E-state index is 14.6. The Labute approximate surface area is 409 Å². The molecule has 11 unspecified atom stereocenters. The van der Waals surface area contributed by atoms with Crippen LogP contribution in [0.25, 0.3) is 0 Å². The Bertz CT molecular complexity index is 2010. The molecule has 5 rings (SSSR count). The Morgan fingerprint density at radius 1 is 0.718 bits per heavy atom. The maximum atomic E-state index is 14.6. The molecule has 0 spiro atoms. The van der Waals surface area contributed by atoms with Crippen LogP contribution in [0, 0.1) is 0 Å². The summed E-state index contributed by atoms with van der Waals surface area (Å²) in [6, 6.07) is 2.14. The highest BCUT2D eigenvalue weighted by molar-refractivity contribution is 8.04. The summed E-state index contributed by atoms with van der Waals surface area (Å²) in [6.45, 7) is 2.84. The van der Waals surface area contributed by atoms with Gasteiger partial charge in [-0.25, -0.2) is 4.79 Å². The van der Waals surface area contributed by atoms with Crippen LogP contribution in [0.4, 0.5) is 0 Å². The van der Waals surface area contributed by atoms with Crippen molar-refractivity contribution in [3.8, 4) is 5.75 Å². The molecule has 30 heteroatoms. The van der Waals surface area contributed by atoms with E-state index in [2.05, 4.69) is 16.0 Å². The van der Waals surface area contributed by atoms with E-state index in [1.54, 1.807) is 19.1 Å². The Hall–Kier alpha value is -3.61. The number of carboxylic acids is 1. The molecule has 4 aliphatic rings. The number of benzene rings is 1. The number of carbonyl (C=O) groups excluding carboxylic acids is 4. The third-order valence-electron chi connectivity index (χ3n) is 12.4. The summed E-state index contributed by atoms with van der Waals surface area (Å²) in [7, 11) is 2.02. The molecule has 1 aromatic rings. The van der Waals surface area contributed by atoms with Crippen LogP contribution in [0.15, 0.2) is 24.3 Å². The molecule has 4 saturated heterocycles. The van der Waals surface area contributed by atoms with Crippen molar-refractivity contribution in [3.05, 3.63) is 29.8 Å². The van der Waals surface area contributed by atoms with Crippen molar-refractivity contribution in [3.63, 3.8) is 0 Å². The average Bonchev–Trinajstić information content (AvgIpc) is 3.31. The number of aliphatic carboxylic acids is 1. The van der Waals surface area contributed by atoms with Crippen LogP contribution in [0.3, 0.4) is 0 Å². The number of likely N-dealkylation sites (N-methyl/N-ethyl adjacent to an activating group) is 1. The van der Waals surface area contributed by atoms with E-state index in [4.69, 9.17) is 42.4 Å². The van der Waals surface area contributed by atoms with Crippen LogP contribution in [-0.2, 0) is 66.4 Å². The molecule has 28 nitrogen and oxygen atoms in total. The minimum absolute atomic E-state index is 0.249. The molecular weight excluding hydrogens is 994 g/mol. The van der Waals surface area contributed by atoms with Gasteiger partial charge in [0, 0.05) is 28.0 Å². The maximum Gasteiger partial charge on any atom is 0.335 e. The molecule has 23 atom stereocenters. The Morgan fingerprint density at radius 3 is 1.76 bits per heavy atom. The van der Waals surface area contributed by atoms with E-state index >= 15 is 0 Å². The Balaban J connectivity index is 1.47. The molecule has 4 fully saturated rings. The monoisotopic (exact) mass is 1060 g/mol. The average molecular weight is 1060 g/mol. The lowest BCUT2D eigenvalue weighted by atomic mass is 9.92. The number of rotatable bonds is 19. The molecule has 4 aliphatic heterocycles. The van der Waals surface area contributed by atoms with Crippen LogP contribution in [-0.4, -0.2) is 237 Å². The highest BCUT2D eigenvalue weighted by atomic mass is 32.0. The first-order valence-corrected chi connectivity index (χ1v) is 25.4. The highest BCUT2D eigenvalue weighted by Crippen LogP contribution is 2.37. The number of ether oxygens (including phenoxy) is 8. The van der Waals surface area contributed by atoms with Gasteiger partial charge in [-0.1, -0.05) is 12.1 Å².